The SMILES string of the molecule is COCCC(C)=C(C)C. The van der Waals surface area contributed by atoms with Gasteiger partial charge in [-0.1, -0.05) is 11.1 Å². The lowest BCUT2D eigenvalue weighted by molar-refractivity contribution is 0.202. The molecule has 0 rings (SSSR count). The molecule has 0 spiro atoms. The van der Waals surface area contributed by atoms with Gasteiger partial charge in [-0.25, -0.2) is 0 Å². The Hall–Kier alpha value is -0.300. The normalized spacial score (nSPS) is 9.33. The standard InChI is InChI=1S/C8H16O/c1-7(2)8(3)5-6-9-4/h5-6H2,1-4H3. The number of allylic oxidation sites excluding steroid dienone is 1. The van der Waals surface area contributed by atoms with Gasteiger partial charge in [-0.05, 0) is 27.2 Å². The van der Waals surface area contributed by atoms with Crippen LogP contribution in [0.1, 0.15) is 27.2 Å². The molecule has 0 amide bonds. The van der Waals surface area contributed by atoms with Crippen LogP contribution >= 0.6 is 0 Å². The van der Waals surface area contributed by atoms with E-state index in [0.717, 1.165) is 13.0 Å². The Morgan fingerprint density at radius 1 is 1.22 bits per heavy atom. The van der Waals surface area contributed by atoms with E-state index in [9.17, 15) is 0 Å². The molecule has 0 unspecified atom stereocenters. The van der Waals surface area contributed by atoms with Crippen LogP contribution in [0.2, 0.25) is 0 Å². The molecule has 0 aromatic heterocycles. The van der Waals surface area contributed by atoms with Gasteiger partial charge in [-0.15, -0.1) is 0 Å². The smallest absolute Gasteiger partial charge is 0.0499 e. The lowest BCUT2D eigenvalue weighted by atomic mass is 10.1. The molecule has 0 saturated heterocycles. The van der Waals surface area contributed by atoms with E-state index in [0.29, 0.717) is 0 Å². The second-order valence-corrected chi connectivity index (χ2v) is 2.52. The second-order valence-electron chi connectivity index (χ2n) is 2.52. The van der Waals surface area contributed by atoms with Crippen molar-refractivity contribution < 1.29 is 4.74 Å². The Labute approximate surface area is 57.7 Å². The molecule has 0 saturated carbocycles. The Bertz CT molecular complexity index is 99.1. The van der Waals surface area contributed by atoms with E-state index in [1.54, 1.807) is 7.11 Å². The van der Waals surface area contributed by atoms with Crippen molar-refractivity contribution in [3.05, 3.63) is 11.1 Å². The lowest BCUT2D eigenvalue weighted by Crippen LogP contribution is -1.90. The minimum atomic E-state index is 0.844. The summed E-state index contributed by atoms with van der Waals surface area (Å²) in [5.41, 5.74) is 2.85. The molecule has 1 nitrogen and oxygen atoms in total. The van der Waals surface area contributed by atoms with E-state index in [1.165, 1.54) is 11.1 Å². The third-order valence-corrected chi connectivity index (χ3v) is 1.53. The van der Waals surface area contributed by atoms with Crippen molar-refractivity contribution >= 4 is 0 Å². The molecular formula is C8H16O. The number of rotatable bonds is 3. The fourth-order valence-electron chi connectivity index (χ4n) is 0.505. The van der Waals surface area contributed by atoms with Gasteiger partial charge in [0.15, 0.2) is 0 Å². The van der Waals surface area contributed by atoms with Crippen molar-refractivity contribution in [1.29, 1.82) is 0 Å². The third-order valence-electron chi connectivity index (χ3n) is 1.53. The van der Waals surface area contributed by atoms with Gasteiger partial charge in [-0.2, -0.15) is 0 Å². The van der Waals surface area contributed by atoms with Crippen molar-refractivity contribution in [3.63, 3.8) is 0 Å². The summed E-state index contributed by atoms with van der Waals surface area (Å²) < 4.78 is 4.93. The molecule has 0 aromatic carbocycles. The van der Waals surface area contributed by atoms with Crippen molar-refractivity contribution in [2.75, 3.05) is 13.7 Å². The first kappa shape index (κ1) is 8.70. The monoisotopic (exact) mass is 128 g/mol. The molecule has 0 aliphatic heterocycles. The van der Waals surface area contributed by atoms with E-state index >= 15 is 0 Å². The van der Waals surface area contributed by atoms with Crippen LogP contribution in [-0.4, -0.2) is 13.7 Å². The number of methoxy groups -OCH3 is 1. The highest BCUT2D eigenvalue weighted by atomic mass is 16.5. The molecule has 1 heteroatoms. The van der Waals surface area contributed by atoms with Gasteiger partial charge in [-0.3, -0.25) is 0 Å². The second kappa shape index (κ2) is 4.57. The zero-order chi connectivity index (χ0) is 7.28. The van der Waals surface area contributed by atoms with Crippen LogP contribution in [0.4, 0.5) is 0 Å². The van der Waals surface area contributed by atoms with Gasteiger partial charge < -0.3 is 4.74 Å². The van der Waals surface area contributed by atoms with Gasteiger partial charge in [0, 0.05) is 13.7 Å². The number of hydrogen-bond donors (Lipinski definition) is 0. The lowest BCUT2D eigenvalue weighted by Gasteiger charge is -2.00. The summed E-state index contributed by atoms with van der Waals surface area (Å²) in [7, 11) is 1.73. The van der Waals surface area contributed by atoms with Gasteiger partial charge in [0.25, 0.3) is 0 Å². The van der Waals surface area contributed by atoms with E-state index in [2.05, 4.69) is 20.8 Å². The molecule has 0 bridgehead atoms. The fraction of sp³-hybridized carbons (Fsp3) is 0.750. The van der Waals surface area contributed by atoms with E-state index in [4.69, 9.17) is 4.74 Å². The summed E-state index contributed by atoms with van der Waals surface area (Å²) in [5.74, 6) is 0. The molecule has 54 valence electrons. The Balaban J connectivity index is 3.50. The largest absolute Gasteiger partial charge is 0.384 e. The topological polar surface area (TPSA) is 9.23 Å². The molecule has 0 N–H and O–H groups in total. The van der Waals surface area contributed by atoms with Crippen LogP contribution in [0.15, 0.2) is 11.1 Å². The van der Waals surface area contributed by atoms with E-state index in [-0.39, 0.29) is 0 Å². The van der Waals surface area contributed by atoms with Crippen LogP contribution in [0.5, 0.6) is 0 Å². The summed E-state index contributed by atoms with van der Waals surface area (Å²) in [6.07, 6.45) is 1.07. The zero-order valence-electron chi connectivity index (χ0n) is 6.82. The van der Waals surface area contributed by atoms with Crippen LogP contribution in [0, 0.1) is 0 Å². The highest BCUT2D eigenvalue weighted by Crippen LogP contribution is 2.05. The molecule has 0 radical (unpaired) electrons. The van der Waals surface area contributed by atoms with Crippen molar-refractivity contribution in [1.82, 2.24) is 0 Å². The maximum Gasteiger partial charge on any atom is 0.0499 e. The van der Waals surface area contributed by atoms with Gasteiger partial charge in [0.2, 0.25) is 0 Å². The molecule has 0 atom stereocenters. The van der Waals surface area contributed by atoms with E-state index in [1.807, 2.05) is 0 Å². The van der Waals surface area contributed by atoms with Crippen molar-refractivity contribution in [2.45, 2.75) is 27.2 Å². The summed E-state index contributed by atoms with van der Waals surface area (Å²) >= 11 is 0. The molecule has 0 heterocycles. The zero-order valence-corrected chi connectivity index (χ0v) is 6.82. The molecular weight excluding hydrogens is 112 g/mol. The number of hydrogen-bond acceptors (Lipinski definition) is 1. The van der Waals surface area contributed by atoms with Crippen LogP contribution in [-0.2, 0) is 4.74 Å². The Morgan fingerprint density at radius 3 is 2.11 bits per heavy atom. The molecule has 0 fully saturated rings. The Kier molecular flexibility index (Phi) is 4.41. The van der Waals surface area contributed by atoms with Crippen LogP contribution in [0.3, 0.4) is 0 Å². The number of ether oxygens (including phenoxy) is 1. The van der Waals surface area contributed by atoms with Gasteiger partial charge in [0.05, 0.1) is 0 Å². The first-order valence-electron chi connectivity index (χ1n) is 3.30. The molecule has 0 aliphatic carbocycles. The highest BCUT2D eigenvalue weighted by Gasteiger charge is 1.89. The van der Waals surface area contributed by atoms with Gasteiger partial charge in [0.1, 0.15) is 0 Å². The van der Waals surface area contributed by atoms with Crippen LogP contribution < -0.4 is 0 Å². The summed E-state index contributed by atoms with van der Waals surface area (Å²) in [5, 5.41) is 0. The predicted octanol–water partition coefficient (Wildman–Crippen LogP) is 2.38. The maximum atomic E-state index is 4.93. The average molecular weight is 128 g/mol. The average Bonchev–Trinajstić information content (AvgIpc) is 1.82. The van der Waals surface area contributed by atoms with Crippen molar-refractivity contribution in [3.8, 4) is 0 Å². The minimum absolute atomic E-state index is 0.844. The molecule has 0 aromatic rings. The Morgan fingerprint density at radius 2 is 1.78 bits per heavy atom. The predicted molar refractivity (Wildman–Crippen MR) is 40.5 cm³/mol. The molecule has 9 heavy (non-hydrogen) atoms. The maximum absolute atomic E-state index is 4.93. The summed E-state index contributed by atoms with van der Waals surface area (Å²) in [6, 6.07) is 0. The third kappa shape index (κ3) is 4.22. The summed E-state index contributed by atoms with van der Waals surface area (Å²) in [4.78, 5) is 0. The first-order chi connectivity index (χ1) is 4.18. The minimum Gasteiger partial charge on any atom is -0.384 e. The highest BCUT2D eigenvalue weighted by molar-refractivity contribution is 5.06. The first-order valence-corrected chi connectivity index (χ1v) is 3.30. The quantitative estimate of drug-likeness (QED) is 0.530. The molecule has 0 aliphatic rings. The van der Waals surface area contributed by atoms with E-state index < -0.39 is 0 Å². The van der Waals surface area contributed by atoms with Crippen molar-refractivity contribution in [2.24, 2.45) is 0 Å². The van der Waals surface area contributed by atoms with Crippen LogP contribution in [0.25, 0.3) is 0 Å². The fourth-order valence-corrected chi connectivity index (χ4v) is 0.505. The van der Waals surface area contributed by atoms with Gasteiger partial charge >= 0.3 is 0 Å². The summed E-state index contributed by atoms with van der Waals surface area (Å²) in [6.45, 7) is 7.25.